The molecule has 3 nitrogen and oxygen atoms in total. The van der Waals surface area contributed by atoms with Crippen molar-refractivity contribution in [2.45, 2.75) is 19.9 Å². The summed E-state index contributed by atoms with van der Waals surface area (Å²) in [5.41, 5.74) is 5.46. The molecule has 2 N–H and O–H groups in total. The van der Waals surface area contributed by atoms with Crippen molar-refractivity contribution < 1.29 is 4.79 Å². The molecular formula is C17H18N2O. The molecule has 1 aliphatic rings. The number of carbonyl (C=O) groups is 1. The van der Waals surface area contributed by atoms with Crippen LogP contribution >= 0.6 is 0 Å². The largest absolute Gasteiger partial charge is 0.384 e. The van der Waals surface area contributed by atoms with Crippen LogP contribution in [0, 0.1) is 6.92 Å². The van der Waals surface area contributed by atoms with Gasteiger partial charge in [0.05, 0.1) is 0 Å². The molecule has 2 aromatic rings. The van der Waals surface area contributed by atoms with Gasteiger partial charge in [-0.05, 0) is 42.7 Å². The SMILES string of the molecule is Cc1ccc(CNC(=O)c2ccc3c(c2)CCN3)cc1. The van der Waals surface area contributed by atoms with E-state index in [1.54, 1.807) is 0 Å². The average molecular weight is 266 g/mol. The van der Waals surface area contributed by atoms with Crippen molar-refractivity contribution in [2.75, 3.05) is 11.9 Å². The molecule has 3 heteroatoms. The zero-order valence-electron chi connectivity index (χ0n) is 11.6. The number of carbonyl (C=O) groups excluding carboxylic acids is 1. The fourth-order valence-electron chi connectivity index (χ4n) is 2.44. The zero-order valence-corrected chi connectivity index (χ0v) is 11.6. The molecule has 1 heterocycles. The Kier molecular flexibility index (Phi) is 3.42. The van der Waals surface area contributed by atoms with E-state index in [0.29, 0.717) is 6.54 Å². The molecule has 0 bridgehead atoms. The van der Waals surface area contributed by atoms with Crippen LogP contribution in [0.4, 0.5) is 5.69 Å². The van der Waals surface area contributed by atoms with Gasteiger partial charge < -0.3 is 10.6 Å². The number of anilines is 1. The minimum Gasteiger partial charge on any atom is -0.384 e. The normalized spacial score (nSPS) is 12.7. The van der Waals surface area contributed by atoms with Crippen molar-refractivity contribution in [3.63, 3.8) is 0 Å². The van der Waals surface area contributed by atoms with Gasteiger partial charge in [0.25, 0.3) is 5.91 Å². The number of fused-ring (bicyclic) bond motifs is 1. The van der Waals surface area contributed by atoms with E-state index >= 15 is 0 Å². The second kappa shape index (κ2) is 5.37. The van der Waals surface area contributed by atoms with Crippen LogP contribution in [0.15, 0.2) is 42.5 Å². The monoisotopic (exact) mass is 266 g/mol. The summed E-state index contributed by atoms with van der Waals surface area (Å²) in [6.07, 6.45) is 0.994. The highest BCUT2D eigenvalue weighted by molar-refractivity contribution is 5.95. The number of hydrogen-bond acceptors (Lipinski definition) is 2. The standard InChI is InChI=1S/C17H18N2O/c1-12-2-4-13(5-3-12)11-19-17(20)15-6-7-16-14(10-15)8-9-18-16/h2-7,10,18H,8-9,11H2,1H3,(H,19,20). The molecule has 1 amide bonds. The fourth-order valence-corrected chi connectivity index (χ4v) is 2.44. The predicted molar refractivity (Wildman–Crippen MR) is 81.0 cm³/mol. The Morgan fingerprint density at radius 3 is 2.80 bits per heavy atom. The summed E-state index contributed by atoms with van der Waals surface area (Å²) < 4.78 is 0. The lowest BCUT2D eigenvalue weighted by Gasteiger charge is -2.07. The van der Waals surface area contributed by atoms with Crippen LogP contribution in [-0.2, 0) is 13.0 Å². The Labute approximate surface area is 119 Å². The van der Waals surface area contributed by atoms with E-state index < -0.39 is 0 Å². The number of rotatable bonds is 3. The molecule has 0 spiro atoms. The number of benzene rings is 2. The quantitative estimate of drug-likeness (QED) is 0.897. The van der Waals surface area contributed by atoms with E-state index in [1.807, 2.05) is 30.3 Å². The van der Waals surface area contributed by atoms with Crippen LogP contribution in [0.25, 0.3) is 0 Å². The minimum absolute atomic E-state index is 0.0136. The first-order valence-electron chi connectivity index (χ1n) is 6.93. The first-order valence-corrected chi connectivity index (χ1v) is 6.93. The maximum absolute atomic E-state index is 12.2. The Hall–Kier alpha value is -2.29. The molecular weight excluding hydrogens is 248 g/mol. The molecule has 3 rings (SSSR count). The van der Waals surface area contributed by atoms with Crippen LogP contribution in [0.1, 0.15) is 27.0 Å². The van der Waals surface area contributed by atoms with Crippen molar-refractivity contribution in [2.24, 2.45) is 0 Å². The van der Waals surface area contributed by atoms with Gasteiger partial charge in [0.2, 0.25) is 0 Å². The van der Waals surface area contributed by atoms with Gasteiger partial charge in [0.1, 0.15) is 0 Å². The predicted octanol–water partition coefficient (Wildman–Crippen LogP) is 2.89. The lowest BCUT2D eigenvalue weighted by Crippen LogP contribution is -2.22. The van der Waals surface area contributed by atoms with Gasteiger partial charge in [-0.2, -0.15) is 0 Å². The number of hydrogen-bond donors (Lipinski definition) is 2. The molecule has 0 atom stereocenters. The fraction of sp³-hybridized carbons (Fsp3) is 0.235. The van der Waals surface area contributed by atoms with Crippen molar-refractivity contribution in [3.05, 3.63) is 64.7 Å². The lowest BCUT2D eigenvalue weighted by atomic mass is 10.1. The van der Waals surface area contributed by atoms with E-state index in [-0.39, 0.29) is 5.91 Å². The first kappa shape index (κ1) is 12.7. The smallest absolute Gasteiger partial charge is 0.251 e. The van der Waals surface area contributed by atoms with Gasteiger partial charge in [-0.1, -0.05) is 29.8 Å². The average Bonchev–Trinajstić information content (AvgIpc) is 2.93. The van der Waals surface area contributed by atoms with Crippen molar-refractivity contribution in [1.82, 2.24) is 5.32 Å². The molecule has 0 radical (unpaired) electrons. The lowest BCUT2D eigenvalue weighted by molar-refractivity contribution is 0.0951. The molecule has 0 aromatic heterocycles. The van der Waals surface area contributed by atoms with E-state index in [2.05, 4.69) is 29.7 Å². The third-order valence-electron chi connectivity index (χ3n) is 3.65. The zero-order chi connectivity index (χ0) is 13.9. The third-order valence-corrected chi connectivity index (χ3v) is 3.65. The minimum atomic E-state index is -0.0136. The summed E-state index contributed by atoms with van der Waals surface area (Å²) in [4.78, 5) is 12.2. The number of aryl methyl sites for hydroxylation is 1. The third kappa shape index (κ3) is 2.67. The summed E-state index contributed by atoms with van der Waals surface area (Å²) in [5.74, 6) is -0.0136. The highest BCUT2D eigenvalue weighted by Gasteiger charge is 2.13. The van der Waals surface area contributed by atoms with Gasteiger partial charge >= 0.3 is 0 Å². The van der Waals surface area contributed by atoms with Crippen molar-refractivity contribution in [3.8, 4) is 0 Å². The number of amides is 1. The molecule has 2 aromatic carbocycles. The van der Waals surface area contributed by atoms with Crippen LogP contribution in [-0.4, -0.2) is 12.5 Å². The van der Waals surface area contributed by atoms with Gasteiger partial charge in [-0.25, -0.2) is 0 Å². The molecule has 0 fully saturated rings. The van der Waals surface area contributed by atoms with Crippen molar-refractivity contribution in [1.29, 1.82) is 0 Å². The number of nitrogens with one attached hydrogen (secondary N) is 2. The Balaban J connectivity index is 1.66. The van der Waals surface area contributed by atoms with Gasteiger partial charge in [-0.15, -0.1) is 0 Å². The second-order valence-corrected chi connectivity index (χ2v) is 5.22. The summed E-state index contributed by atoms with van der Waals surface area (Å²) in [6.45, 7) is 3.58. The highest BCUT2D eigenvalue weighted by atomic mass is 16.1. The van der Waals surface area contributed by atoms with E-state index in [0.717, 1.165) is 29.8 Å². The van der Waals surface area contributed by atoms with Crippen molar-refractivity contribution >= 4 is 11.6 Å². The maximum atomic E-state index is 12.2. The van der Waals surface area contributed by atoms with Crippen LogP contribution in [0.2, 0.25) is 0 Å². The van der Waals surface area contributed by atoms with Crippen LogP contribution in [0.5, 0.6) is 0 Å². The summed E-state index contributed by atoms with van der Waals surface area (Å²) in [5, 5.41) is 6.26. The molecule has 102 valence electrons. The van der Waals surface area contributed by atoms with Gasteiger partial charge in [-0.3, -0.25) is 4.79 Å². The Morgan fingerprint density at radius 2 is 2.00 bits per heavy atom. The Morgan fingerprint density at radius 1 is 1.20 bits per heavy atom. The maximum Gasteiger partial charge on any atom is 0.251 e. The molecule has 0 unspecified atom stereocenters. The summed E-state index contributed by atoms with van der Waals surface area (Å²) in [6, 6.07) is 14.1. The van der Waals surface area contributed by atoms with Gasteiger partial charge in [0.15, 0.2) is 0 Å². The molecule has 0 aliphatic carbocycles. The van der Waals surface area contributed by atoms with E-state index in [9.17, 15) is 4.79 Å². The first-order chi connectivity index (χ1) is 9.72. The molecule has 20 heavy (non-hydrogen) atoms. The van der Waals surface area contributed by atoms with E-state index in [4.69, 9.17) is 0 Å². The van der Waals surface area contributed by atoms with E-state index in [1.165, 1.54) is 11.1 Å². The summed E-state index contributed by atoms with van der Waals surface area (Å²) in [7, 11) is 0. The Bertz CT molecular complexity index is 632. The summed E-state index contributed by atoms with van der Waals surface area (Å²) >= 11 is 0. The molecule has 0 saturated carbocycles. The van der Waals surface area contributed by atoms with Gasteiger partial charge in [0, 0.05) is 24.3 Å². The molecule has 0 saturated heterocycles. The highest BCUT2D eigenvalue weighted by Crippen LogP contribution is 2.22. The second-order valence-electron chi connectivity index (χ2n) is 5.22. The van der Waals surface area contributed by atoms with Crippen LogP contribution in [0.3, 0.4) is 0 Å². The topological polar surface area (TPSA) is 41.1 Å². The molecule has 1 aliphatic heterocycles. The van der Waals surface area contributed by atoms with Crippen LogP contribution < -0.4 is 10.6 Å².